The van der Waals surface area contributed by atoms with Gasteiger partial charge in [-0.15, -0.1) is 0 Å². The Morgan fingerprint density at radius 2 is 2.29 bits per heavy atom. The molecule has 0 aliphatic carbocycles. The zero-order chi connectivity index (χ0) is 11.7. The molecule has 1 aromatic heterocycles. The molecule has 0 saturated carbocycles. The van der Waals surface area contributed by atoms with Crippen LogP contribution in [0.3, 0.4) is 0 Å². The number of nitrogens with one attached hydrogen (secondary N) is 3. The van der Waals surface area contributed by atoms with E-state index in [9.17, 15) is 4.79 Å². The molecular formula is C11H17N5O. The van der Waals surface area contributed by atoms with Crippen LogP contribution in [-0.4, -0.2) is 41.9 Å². The molecule has 1 amide bonds. The lowest BCUT2D eigenvalue weighted by atomic mass is 10.1. The number of aromatic nitrogens is 2. The summed E-state index contributed by atoms with van der Waals surface area (Å²) < 4.78 is 1.90. The minimum absolute atomic E-state index is 0.0952. The second-order valence-electron chi connectivity index (χ2n) is 4.65. The summed E-state index contributed by atoms with van der Waals surface area (Å²) in [6.45, 7) is 3.57. The highest BCUT2D eigenvalue weighted by atomic mass is 16.2. The molecule has 92 valence electrons. The lowest BCUT2D eigenvalue weighted by molar-refractivity contribution is -0.119. The quantitative estimate of drug-likeness (QED) is 0.665. The summed E-state index contributed by atoms with van der Waals surface area (Å²) in [5, 5.41) is 13.6. The lowest BCUT2D eigenvalue weighted by Crippen LogP contribution is -2.44. The highest BCUT2D eigenvalue weighted by Crippen LogP contribution is 2.19. The topological polar surface area (TPSA) is 71.0 Å². The Bertz CT molecular complexity index is 406. The summed E-state index contributed by atoms with van der Waals surface area (Å²) in [6.07, 6.45) is 2.66. The maximum absolute atomic E-state index is 12.0. The van der Waals surface area contributed by atoms with Gasteiger partial charge in [0, 0.05) is 25.7 Å². The van der Waals surface area contributed by atoms with E-state index < -0.39 is 0 Å². The fraction of sp³-hybridized carbons (Fsp3) is 0.636. The molecular weight excluding hydrogens is 218 g/mol. The van der Waals surface area contributed by atoms with Crippen molar-refractivity contribution in [2.24, 2.45) is 5.92 Å². The molecule has 3 rings (SSSR count). The number of rotatable bonds is 3. The molecule has 0 spiro atoms. The molecule has 2 saturated heterocycles. The van der Waals surface area contributed by atoms with Crippen LogP contribution in [0.25, 0.3) is 0 Å². The molecule has 6 nitrogen and oxygen atoms in total. The van der Waals surface area contributed by atoms with Crippen LogP contribution in [0.2, 0.25) is 0 Å². The van der Waals surface area contributed by atoms with Gasteiger partial charge >= 0.3 is 0 Å². The summed E-state index contributed by atoms with van der Waals surface area (Å²) >= 11 is 0. The third-order valence-electron chi connectivity index (χ3n) is 3.46. The number of hydrogen-bond donors (Lipinski definition) is 3. The largest absolute Gasteiger partial charge is 0.316 e. The third kappa shape index (κ3) is 2.05. The van der Waals surface area contributed by atoms with E-state index in [1.165, 1.54) is 0 Å². The molecule has 17 heavy (non-hydrogen) atoms. The first kappa shape index (κ1) is 10.7. The number of carbonyl (C=O) groups is 1. The molecule has 3 heterocycles. The minimum atomic E-state index is 0.0952. The normalized spacial score (nSPS) is 24.6. The van der Waals surface area contributed by atoms with Crippen LogP contribution in [0.5, 0.6) is 0 Å². The van der Waals surface area contributed by atoms with Gasteiger partial charge < -0.3 is 16.0 Å². The maximum atomic E-state index is 12.0. The van der Waals surface area contributed by atoms with Gasteiger partial charge in [-0.05, 0) is 13.0 Å². The Balaban J connectivity index is 1.67. The van der Waals surface area contributed by atoms with E-state index in [0.717, 1.165) is 38.4 Å². The van der Waals surface area contributed by atoms with Crippen molar-refractivity contribution in [3.63, 3.8) is 0 Å². The Morgan fingerprint density at radius 1 is 1.41 bits per heavy atom. The molecule has 1 atom stereocenters. The molecule has 3 N–H and O–H groups in total. The van der Waals surface area contributed by atoms with Crippen LogP contribution < -0.4 is 16.0 Å². The number of carbonyl (C=O) groups excluding carboxylic acids is 1. The van der Waals surface area contributed by atoms with Crippen molar-refractivity contribution in [2.45, 2.75) is 12.5 Å². The molecule has 2 aliphatic rings. The first-order chi connectivity index (χ1) is 8.34. The Kier molecular flexibility index (Phi) is 2.82. The number of anilines is 1. The number of nitrogens with zero attached hydrogens (tertiary/aromatic N) is 2. The predicted molar refractivity (Wildman–Crippen MR) is 63.7 cm³/mol. The zero-order valence-electron chi connectivity index (χ0n) is 9.65. The average molecular weight is 235 g/mol. The zero-order valence-corrected chi connectivity index (χ0v) is 9.65. The van der Waals surface area contributed by atoms with E-state index >= 15 is 0 Å². The van der Waals surface area contributed by atoms with Gasteiger partial charge in [0.2, 0.25) is 5.91 Å². The second kappa shape index (κ2) is 4.46. The van der Waals surface area contributed by atoms with E-state index in [2.05, 4.69) is 21.0 Å². The number of hydrogen-bond acceptors (Lipinski definition) is 4. The van der Waals surface area contributed by atoms with Crippen molar-refractivity contribution in [2.75, 3.05) is 31.5 Å². The van der Waals surface area contributed by atoms with Gasteiger partial charge in [0.25, 0.3) is 0 Å². The van der Waals surface area contributed by atoms with Crippen molar-refractivity contribution in [1.82, 2.24) is 20.4 Å². The monoisotopic (exact) mass is 235 g/mol. The molecule has 0 bridgehead atoms. The fourth-order valence-electron chi connectivity index (χ4n) is 2.26. The first-order valence-electron chi connectivity index (χ1n) is 6.10. The molecule has 2 aliphatic heterocycles. The second-order valence-corrected chi connectivity index (χ2v) is 4.65. The molecule has 0 unspecified atom stereocenters. The summed E-state index contributed by atoms with van der Waals surface area (Å²) in [5.41, 5.74) is 0. The van der Waals surface area contributed by atoms with Crippen LogP contribution in [0.1, 0.15) is 12.5 Å². The Morgan fingerprint density at radius 3 is 2.94 bits per heavy atom. The van der Waals surface area contributed by atoms with E-state index in [1.807, 2.05) is 10.7 Å². The smallest absolute Gasteiger partial charge is 0.229 e. The Labute approximate surface area is 99.8 Å². The van der Waals surface area contributed by atoms with E-state index in [-0.39, 0.29) is 11.8 Å². The molecule has 0 aromatic carbocycles. The standard InChI is InChI=1S/C11H17N5O/c17-11(8-1-3-12-5-8)15-10-2-4-14-16(10)9-6-13-7-9/h2,4,8-9,12-13H,1,3,5-7H2,(H,15,17)/t8-/m0/s1. The van der Waals surface area contributed by atoms with Crippen molar-refractivity contribution >= 4 is 11.7 Å². The minimum Gasteiger partial charge on any atom is -0.316 e. The summed E-state index contributed by atoms with van der Waals surface area (Å²) in [4.78, 5) is 12.0. The van der Waals surface area contributed by atoms with E-state index in [0.29, 0.717) is 6.04 Å². The first-order valence-corrected chi connectivity index (χ1v) is 6.10. The summed E-state index contributed by atoms with van der Waals surface area (Å²) in [7, 11) is 0. The fourth-order valence-corrected chi connectivity index (χ4v) is 2.26. The highest BCUT2D eigenvalue weighted by Gasteiger charge is 2.25. The van der Waals surface area contributed by atoms with Crippen LogP contribution in [0, 0.1) is 5.92 Å². The maximum Gasteiger partial charge on any atom is 0.229 e. The van der Waals surface area contributed by atoms with Crippen molar-refractivity contribution in [3.05, 3.63) is 12.3 Å². The number of amides is 1. The van der Waals surface area contributed by atoms with Crippen LogP contribution >= 0.6 is 0 Å². The predicted octanol–water partition coefficient (Wildman–Crippen LogP) is -0.425. The molecule has 2 fully saturated rings. The van der Waals surface area contributed by atoms with Crippen LogP contribution in [0.15, 0.2) is 12.3 Å². The molecule has 6 heteroatoms. The summed E-state index contributed by atoms with van der Waals surface area (Å²) in [6, 6.07) is 2.24. The average Bonchev–Trinajstić information content (AvgIpc) is 2.86. The highest BCUT2D eigenvalue weighted by molar-refractivity contribution is 5.92. The van der Waals surface area contributed by atoms with Gasteiger partial charge in [-0.3, -0.25) is 4.79 Å². The van der Waals surface area contributed by atoms with E-state index in [4.69, 9.17) is 0 Å². The lowest BCUT2D eigenvalue weighted by Gasteiger charge is -2.28. The van der Waals surface area contributed by atoms with Crippen molar-refractivity contribution in [1.29, 1.82) is 0 Å². The van der Waals surface area contributed by atoms with Gasteiger partial charge in [0.05, 0.1) is 18.2 Å². The SMILES string of the molecule is O=C(Nc1ccnn1C1CNC1)[C@H]1CCNC1. The van der Waals surface area contributed by atoms with Gasteiger partial charge in [-0.25, -0.2) is 4.68 Å². The van der Waals surface area contributed by atoms with Crippen LogP contribution in [0.4, 0.5) is 5.82 Å². The molecule has 1 aromatic rings. The summed E-state index contributed by atoms with van der Waals surface area (Å²) in [5.74, 6) is 1.01. The van der Waals surface area contributed by atoms with Gasteiger partial charge in [-0.2, -0.15) is 5.10 Å². The Hall–Kier alpha value is -1.40. The van der Waals surface area contributed by atoms with Crippen LogP contribution in [-0.2, 0) is 4.79 Å². The van der Waals surface area contributed by atoms with Gasteiger partial charge in [0.15, 0.2) is 0 Å². The molecule has 0 radical (unpaired) electrons. The van der Waals surface area contributed by atoms with E-state index in [1.54, 1.807) is 6.20 Å². The van der Waals surface area contributed by atoms with Crippen molar-refractivity contribution in [3.8, 4) is 0 Å². The van der Waals surface area contributed by atoms with Crippen molar-refractivity contribution < 1.29 is 4.79 Å². The third-order valence-corrected chi connectivity index (χ3v) is 3.46. The van der Waals surface area contributed by atoms with Gasteiger partial charge in [-0.1, -0.05) is 0 Å². The van der Waals surface area contributed by atoms with Gasteiger partial charge in [0.1, 0.15) is 5.82 Å².